The van der Waals surface area contributed by atoms with E-state index in [0.29, 0.717) is 6.54 Å². The van der Waals surface area contributed by atoms with Crippen LogP contribution in [0.5, 0.6) is 5.75 Å². The number of benzene rings is 1. The van der Waals surface area contributed by atoms with Crippen molar-refractivity contribution in [3.63, 3.8) is 0 Å². The minimum atomic E-state index is -0.541. The first-order chi connectivity index (χ1) is 9.96. The van der Waals surface area contributed by atoms with Crippen LogP contribution < -0.4 is 10.1 Å². The highest BCUT2D eigenvalue weighted by Gasteiger charge is 2.17. The van der Waals surface area contributed by atoms with E-state index in [1.54, 1.807) is 0 Å². The molecule has 120 valence electrons. The Morgan fingerprint density at radius 3 is 2.48 bits per heavy atom. The predicted octanol–water partition coefficient (Wildman–Crippen LogP) is 1.99. The molecule has 4 nitrogen and oxygen atoms in total. The Hall–Kier alpha value is -1.10. The van der Waals surface area contributed by atoms with Crippen LogP contribution >= 0.6 is 0 Å². The molecule has 0 aromatic heterocycles. The molecule has 1 aromatic rings. The zero-order valence-corrected chi connectivity index (χ0v) is 13.4. The Kier molecular flexibility index (Phi) is 7.72. The molecule has 0 heterocycles. The first kappa shape index (κ1) is 18.0. The van der Waals surface area contributed by atoms with E-state index in [-0.39, 0.29) is 18.6 Å². The lowest BCUT2D eigenvalue weighted by atomic mass is 9.90. The maximum absolute atomic E-state index is 9.90. The molecule has 1 aromatic carbocycles. The third kappa shape index (κ3) is 7.46. The molecule has 0 fully saturated rings. The van der Waals surface area contributed by atoms with Crippen molar-refractivity contribution in [1.29, 1.82) is 0 Å². The summed E-state index contributed by atoms with van der Waals surface area (Å²) in [7, 11) is 0. The molecule has 0 saturated heterocycles. The van der Waals surface area contributed by atoms with E-state index in [0.717, 1.165) is 25.1 Å². The van der Waals surface area contributed by atoms with Crippen LogP contribution in [0.15, 0.2) is 24.3 Å². The second-order valence-corrected chi connectivity index (χ2v) is 6.23. The van der Waals surface area contributed by atoms with Crippen LogP contribution in [0, 0.1) is 5.41 Å². The third-order valence-electron chi connectivity index (χ3n) is 3.55. The maximum Gasteiger partial charge on any atom is 0.119 e. The van der Waals surface area contributed by atoms with Crippen LogP contribution in [-0.2, 0) is 6.42 Å². The fourth-order valence-electron chi connectivity index (χ4n) is 2.04. The molecular formula is C17H29NO3. The number of aliphatic hydroxyl groups excluding tert-OH is 2. The van der Waals surface area contributed by atoms with E-state index in [4.69, 9.17) is 9.84 Å². The minimum Gasteiger partial charge on any atom is -0.491 e. The van der Waals surface area contributed by atoms with Gasteiger partial charge in [-0.2, -0.15) is 0 Å². The van der Waals surface area contributed by atoms with Gasteiger partial charge in [0.1, 0.15) is 18.5 Å². The van der Waals surface area contributed by atoms with E-state index in [1.165, 1.54) is 5.56 Å². The highest BCUT2D eigenvalue weighted by molar-refractivity contribution is 5.27. The van der Waals surface area contributed by atoms with Crippen LogP contribution in [0.25, 0.3) is 0 Å². The molecule has 0 spiro atoms. The van der Waals surface area contributed by atoms with Crippen molar-refractivity contribution in [1.82, 2.24) is 5.32 Å². The maximum atomic E-state index is 9.90. The largest absolute Gasteiger partial charge is 0.491 e. The van der Waals surface area contributed by atoms with Crippen LogP contribution in [0.3, 0.4) is 0 Å². The van der Waals surface area contributed by atoms with Crippen molar-refractivity contribution < 1.29 is 14.9 Å². The first-order valence-corrected chi connectivity index (χ1v) is 7.68. The summed E-state index contributed by atoms with van der Waals surface area (Å²) in [6, 6.07) is 7.95. The van der Waals surface area contributed by atoms with Gasteiger partial charge in [-0.1, -0.05) is 32.9 Å². The van der Waals surface area contributed by atoms with Gasteiger partial charge in [-0.05, 0) is 36.0 Å². The van der Waals surface area contributed by atoms with Crippen LogP contribution in [0.2, 0.25) is 0 Å². The van der Waals surface area contributed by atoms with Gasteiger partial charge in [0.2, 0.25) is 0 Å². The van der Waals surface area contributed by atoms with E-state index < -0.39 is 6.10 Å². The molecule has 0 bridgehead atoms. The summed E-state index contributed by atoms with van der Waals surface area (Å²) in [5, 5.41) is 22.1. The quantitative estimate of drug-likeness (QED) is 0.618. The minimum absolute atomic E-state index is 0.0330. The van der Waals surface area contributed by atoms with Gasteiger partial charge in [0.25, 0.3) is 0 Å². The number of aryl methyl sites for hydroxylation is 1. The molecule has 0 amide bonds. The summed E-state index contributed by atoms with van der Waals surface area (Å²) in [5.41, 5.74) is 1.31. The van der Waals surface area contributed by atoms with Crippen LogP contribution in [0.4, 0.5) is 0 Å². The molecule has 0 saturated carbocycles. The molecule has 3 N–H and O–H groups in total. The summed E-state index contributed by atoms with van der Waals surface area (Å²) >= 11 is 0. The highest BCUT2D eigenvalue weighted by atomic mass is 16.5. The topological polar surface area (TPSA) is 61.7 Å². The lowest BCUT2D eigenvalue weighted by Gasteiger charge is -2.24. The van der Waals surface area contributed by atoms with Gasteiger partial charge in [0.05, 0.1) is 0 Å². The second-order valence-electron chi connectivity index (χ2n) is 6.23. The Morgan fingerprint density at radius 2 is 1.90 bits per heavy atom. The second kappa shape index (κ2) is 9.03. The van der Waals surface area contributed by atoms with Crippen molar-refractivity contribution >= 4 is 0 Å². The predicted molar refractivity (Wildman–Crippen MR) is 85.7 cm³/mol. The Balaban J connectivity index is 2.22. The Labute approximate surface area is 128 Å². The number of hydrogen-bond acceptors (Lipinski definition) is 4. The normalized spacial score (nSPS) is 13.2. The number of rotatable bonds is 10. The zero-order valence-electron chi connectivity index (χ0n) is 13.4. The summed E-state index contributed by atoms with van der Waals surface area (Å²) < 4.78 is 5.57. The summed E-state index contributed by atoms with van der Waals surface area (Å²) in [6.07, 6.45) is 1.22. The SMILES string of the molecule is CCc1ccc(OCC(O)CNCC(C)(C)CCO)cc1. The van der Waals surface area contributed by atoms with Crippen LogP contribution in [0.1, 0.15) is 32.8 Å². The molecule has 4 heteroatoms. The smallest absolute Gasteiger partial charge is 0.119 e. The van der Waals surface area contributed by atoms with E-state index in [9.17, 15) is 5.11 Å². The fourth-order valence-corrected chi connectivity index (χ4v) is 2.04. The summed E-state index contributed by atoms with van der Waals surface area (Å²) in [4.78, 5) is 0. The standard InChI is InChI=1S/C17H29NO3/c1-4-14-5-7-16(8-6-14)21-12-15(20)11-18-13-17(2,3)9-10-19/h5-8,15,18-20H,4,9-13H2,1-3H3. The fraction of sp³-hybridized carbons (Fsp3) is 0.647. The number of hydrogen-bond donors (Lipinski definition) is 3. The number of ether oxygens (including phenoxy) is 1. The van der Waals surface area contributed by atoms with Gasteiger partial charge in [0.15, 0.2) is 0 Å². The average Bonchev–Trinajstić information content (AvgIpc) is 2.45. The molecular weight excluding hydrogens is 266 g/mol. The molecule has 0 aliphatic rings. The van der Waals surface area contributed by atoms with Crippen molar-refractivity contribution in [2.45, 2.75) is 39.7 Å². The lowest BCUT2D eigenvalue weighted by Crippen LogP contribution is -2.37. The third-order valence-corrected chi connectivity index (χ3v) is 3.55. The summed E-state index contributed by atoms with van der Waals surface area (Å²) in [5.74, 6) is 0.784. The molecule has 21 heavy (non-hydrogen) atoms. The van der Waals surface area contributed by atoms with E-state index in [1.807, 2.05) is 24.3 Å². The monoisotopic (exact) mass is 295 g/mol. The number of aliphatic hydroxyl groups is 2. The van der Waals surface area contributed by atoms with E-state index in [2.05, 4.69) is 26.1 Å². The Morgan fingerprint density at radius 1 is 1.24 bits per heavy atom. The van der Waals surface area contributed by atoms with Gasteiger partial charge in [-0.15, -0.1) is 0 Å². The molecule has 0 radical (unpaired) electrons. The molecule has 0 aliphatic carbocycles. The molecule has 1 atom stereocenters. The van der Waals surface area contributed by atoms with Gasteiger partial charge in [-0.3, -0.25) is 0 Å². The molecule has 1 rings (SSSR count). The van der Waals surface area contributed by atoms with Crippen molar-refractivity contribution in [3.05, 3.63) is 29.8 Å². The van der Waals surface area contributed by atoms with Crippen molar-refractivity contribution in [2.75, 3.05) is 26.3 Å². The molecule has 0 aliphatic heterocycles. The van der Waals surface area contributed by atoms with Gasteiger partial charge >= 0.3 is 0 Å². The lowest BCUT2D eigenvalue weighted by molar-refractivity contribution is 0.102. The van der Waals surface area contributed by atoms with Crippen molar-refractivity contribution in [3.8, 4) is 5.75 Å². The van der Waals surface area contributed by atoms with Crippen molar-refractivity contribution in [2.24, 2.45) is 5.41 Å². The first-order valence-electron chi connectivity index (χ1n) is 7.68. The highest BCUT2D eigenvalue weighted by Crippen LogP contribution is 2.17. The Bertz CT molecular complexity index is 390. The summed E-state index contributed by atoms with van der Waals surface area (Å²) in [6.45, 7) is 8.01. The zero-order chi connectivity index (χ0) is 15.7. The van der Waals surface area contributed by atoms with Gasteiger partial charge in [0, 0.05) is 19.7 Å². The number of nitrogens with one attached hydrogen (secondary N) is 1. The molecule has 1 unspecified atom stereocenters. The average molecular weight is 295 g/mol. The van der Waals surface area contributed by atoms with Gasteiger partial charge < -0.3 is 20.3 Å². The van der Waals surface area contributed by atoms with Crippen LogP contribution in [-0.4, -0.2) is 42.6 Å². The van der Waals surface area contributed by atoms with E-state index >= 15 is 0 Å². The van der Waals surface area contributed by atoms with Gasteiger partial charge in [-0.25, -0.2) is 0 Å².